The van der Waals surface area contributed by atoms with Crippen molar-refractivity contribution < 1.29 is 4.79 Å². The van der Waals surface area contributed by atoms with Gasteiger partial charge in [-0.2, -0.15) is 0 Å². The topological polar surface area (TPSA) is 67.8 Å². The minimum Gasteiger partial charge on any atom is -0.310 e. The molecule has 24 heavy (non-hydrogen) atoms. The van der Waals surface area contributed by atoms with Crippen LogP contribution in [0.3, 0.4) is 0 Å². The molecule has 0 bridgehead atoms. The van der Waals surface area contributed by atoms with Crippen LogP contribution in [0.2, 0.25) is 0 Å². The van der Waals surface area contributed by atoms with Crippen LogP contribution in [0.5, 0.6) is 0 Å². The van der Waals surface area contributed by atoms with Crippen molar-refractivity contribution >= 4 is 23.1 Å². The number of nitrogens with zero attached hydrogens (tertiary/aromatic N) is 3. The van der Waals surface area contributed by atoms with Gasteiger partial charge in [0.25, 0.3) is 0 Å². The van der Waals surface area contributed by atoms with Crippen molar-refractivity contribution in [3.8, 4) is 22.0 Å². The Labute approximate surface area is 143 Å². The first-order valence-electron chi connectivity index (χ1n) is 7.95. The summed E-state index contributed by atoms with van der Waals surface area (Å²) >= 11 is 1.59. The number of thiazole rings is 1. The molecular weight excluding hydrogens is 320 g/mol. The van der Waals surface area contributed by atoms with Gasteiger partial charge in [-0.15, -0.1) is 11.3 Å². The zero-order valence-electron chi connectivity index (χ0n) is 13.2. The Morgan fingerprint density at radius 1 is 1.21 bits per heavy atom. The molecule has 1 aliphatic carbocycles. The fourth-order valence-electron chi connectivity index (χ4n) is 2.83. The van der Waals surface area contributed by atoms with E-state index in [0.29, 0.717) is 18.1 Å². The van der Waals surface area contributed by atoms with E-state index in [-0.39, 0.29) is 5.91 Å². The normalized spacial score (nSPS) is 12.4. The number of hydrogen-bond acceptors (Lipinski definition) is 5. The molecule has 0 atom stereocenters. The van der Waals surface area contributed by atoms with Crippen LogP contribution in [0.25, 0.3) is 22.0 Å². The summed E-state index contributed by atoms with van der Waals surface area (Å²) in [6.45, 7) is 1.84. The Morgan fingerprint density at radius 2 is 2.04 bits per heavy atom. The predicted octanol–water partition coefficient (Wildman–Crippen LogP) is 3.71. The Bertz CT molecular complexity index is 905. The molecule has 1 aromatic carbocycles. The van der Waals surface area contributed by atoms with E-state index in [2.05, 4.69) is 15.3 Å². The molecule has 1 amide bonds. The molecule has 0 unspecified atom stereocenters. The lowest BCUT2D eigenvalue weighted by Crippen LogP contribution is -2.17. The van der Waals surface area contributed by atoms with Crippen LogP contribution < -0.4 is 5.32 Å². The number of carbonyl (C=O) groups excluding carboxylic acids is 1. The van der Waals surface area contributed by atoms with Gasteiger partial charge in [-0.3, -0.25) is 4.79 Å². The average molecular weight is 336 g/mol. The molecule has 0 aliphatic heterocycles. The maximum Gasteiger partial charge on any atom is 0.225 e. The van der Waals surface area contributed by atoms with E-state index in [4.69, 9.17) is 4.98 Å². The number of rotatable bonds is 3. The molecule has 0 saturated heterocycles. The number of hydrogen-bond donors (Lipinski definition) is 1. The smallest absolute Gasteiger partial charge is 0.225 e. The molecule has 0 radical (unpaired) electrons. The number of nitrogens with one attached hydrogen (secondary N) is 1. The van der Waals surface area contributed by atoms with Crippen LogP contribution in [0.1, 0.15) is 24.6 Å². The summed E-state index contributed by atoms with van der Waals surface area (Å²) in [5.41, 5.74) is 5.78. The maximum atomic E-state index is 11.9. The average Bonchev–Trinajstić information content (AvgIpc) is 3.11. The molecule has 2 heterocycles. The number of amides is 1. The minimum atomic E-state index is -0.0370. The molecular formula is C18H16N4OS. The first-order chi connectivity index (χ1) is 11.8. The number of aryl methyl sites for hydroxylation is 1. The van der Waals surface area contributed by atoms with Crippen LogP contribution in [0, 0.1) is 0 Å². The molecule has 0 saturated carbocycles. The number of aromatic nitrogens is 3. The van der Waals surface area contributed by atoms with E-state index in [1.165, 1.54) is 0 Å². The first kappa shape index (κ1) is 15.0. The molecule has 5 nitrogen and oxygen atoms in total. The number of fused-ring (bicyclic) bond motifs is 3. The lowest BCUT2D eigenvalue weighted by molar-refractivity contribution is -0.115. The number of anilines is 1. The van der Waals surface area contributed by atoms with Crippen LogP contribution >= 0.6 is 11.3 Å². The predicted molar refractivity (Wildman–Crippen MR) is 94.9 cm³/mol. The third-order valence-electron chi connectivity index (χ3n) is 4.09. The summed E-state index contributed by atoms with van der Waals surface area (Å²) in [6, 6.07) is 9.83. The molecule has 4 rings (SSSR count). The highest BCUT2D eigenvalue weighted by atomic mass is 32.1. The Hall–Kier alpha value is -2.60. The van der Waals surface area contributed by atoms with Crippen LogP contribution in [-0.2, 0) is 17.6 Å². The molecule has 0 fully saturated rings. The second kappa shape index (κ2) is 6.13. The zero-order valence-corrected chi connectivity index (χ0v) is 14.1. The largest absolute Gasteiger partial charge is 0.310 e. The van der Waals surface area contributed by atoms with E-state index in [1.54, 1.807) is 11.3 Å². The summed E-state index contributed by atoms with van der Waals surface area (Å²) < 4.78 is 0. The summed E-state index contributed by atoms with van der Waals surface area (Å²) in [5, 5.41) is 2.95. The van der Waals surface area contributed by atoms with Crippen molar-refractivity contribution in [2.24, 2.45) is 0 Å². The van der Waals surface area contributed by atoms with Gasteiger partial charge in [0.15, 0.2) is 5.82 Å². The van der Waals surface area contributed by atoms with Gasteiger partial charge >= 0.3 is 0 Å². The van der Waals surface area contributed by atoms with E-state index >= 15 is 0 Å². The summed E-state index contributed by atoms with van der Waals surface area (Å²) in [5.74, 6) is 1.22. The van der Waals surface area contributed by atoms with Gasteiger partial charge in [-0.25, -0.2) is 15.0 Å². The zero-order chi connectivity index (χ0) is 16.5. The van der Waals surface area contributed by atoms with Gasteiger partial charge < -0.3 is 5.32 Å². The van der Waals surface area contributed by atoms with Gasteiger partial charge in [-0.05, 0) is 12.8 Å². The molecule has 1 aliphatic rings. The SMILES string of the molecule is CCC(=O)Nc1nc(-c2ccccc2)nc2c1CCc1ncsc1-2. The monoisotopic (exact) mass is 336 g/mol. The standard InChI is InChI=1S/C18H16N4OS/c1-2-14(23)20-18-12-8-9-13-16(24-10-19-13)15(12)21-17(22-18)11-6-4-3-5-7-11/h3-7,10H,2,8-9H2,1H3,(H,20,21,22,23). The highest BCUT2D eigenvalue weighted by molar-refractivity contribution is 7.13. The first-order valence-corrected chi connectivity index (χ1v) is 8.83. The molecule has 2 aromatic heterocycles. The summed E-state index contributed by atoms with van der Waals surface area (Å²) in [4.78, 5) is 26.9. The van der Waals surface area contributed by atoms with Crippen molar-refractivity contribution in [1.29, 1.82) is 0 Å². The van der Waals surface area contributed by atoms with Crippen molar-refractivity contribution in [3.63, 3.8) is 0 Å². The van der Waals surface area contributed by atoms with Gasteiger partial charge in [0.2, 0.25) is 5.91 Å². The second-order valence-electron chi connectivity index (χ2n) is 5.62. The van der Waals surface area contributed by atoms with E-state index in [0.717, 1.165) is 40.2 Å². The van der Waals surface area contributed by atoms with Gasteiger partial charge in [0.1, 0.15) is 5.82 Å². The van der Waals surface area contributed by atoms with Crippen molar-refractivity contribution in [2.75, 3.05) is 5.32 Å². The molecule has 6 heteroatoms. The number of benzene rings is 1. The molecule has 3 aromatic rings. The maximum absolute atomic E-state index is 11.9. The van der Waals surface area contributed by atoms with E-state index < -0.39 is 0 Å². The van der Waals surface area contributed by atoms with Crippen LogP contribution in [0.4, 0.5) is 5.82 Å². The molecule has 120 valence electrons. The van der Waals surface area contributed by atoms with Gasteiger partial charge in [0.05, 0.1) is 21.8 Å². The highest BCUT2D eigenvalue weighted by Gasteiger charge is 2.25. The highest BCUT2D eigenvalue weighted by Crippen LogP contribution is 2.38. The lowest BCUT2D eigenvalue weighted by Gasteiger charge is -2.19. The summed E-state index contributed by atoms with van der Waals surface area (Å²) in [7, 11) is 0. The summed E-state index contributed by atoms with van der Waals surface area (Å²) in [6.07, 6.45) is 2.07. The number of carbonyl (C=O) groups is 1. The molecule has 1 N–H and O–H groups in total. The fraction of sp³-hybridized carbons (Fsp3) is 0.222. The van der Waals surface area contributed by atoms with Gasteiger partial charge in [-0.1, -0.05) is 37.3 Å². The van der Waals surface area contributed by atoms with Crippen molar-refractivity contribution in [3.05, 3.63) is 47.1 Å². The van der Waals surface area contributed by atoms with Crippen molar-refractivity contribution in [2.45, 2.75) is 26.2 Å². The Morgan fingerprint density at radius 3 is 2.83 bits per heavy atom. The fourth-order valence-corrected chi connectivity index (χ4v) is 3.69. The third-order valence-corrected chi connectivity index (χ3v) is 4.96. The minimum absolute atomic E-state index is 0.0370. The Balaban J connectivity index is 1.91. The third kappa shape index (κ3) is 2.59. The van der Waals surface area contributed by atoms with Crippen LogP contribution in [-0.4, -0.2) is 20.9 Å². The Kier molecular flexibility index (Phi) is 3.82. The van der Waals surface area contributed by atoms with Gasteiger partial charge in [0, 0.05) is 17.5 Å². The van der Waals surface area contributed by atoms with E-state index in [1.807, 2.05) is 42.8 Å². The quantitative estimate of drug-likeness (QED) is 0.791. The van der Waals surface area contributed by atoms with E-state index in [9.17, 15) is 4.79 Å². The second-order valence-corrected chi connectivity index (χ2v) is 6.47. The lowest BCUT2D eigenvalue weighted by atomic mass is 9.98. The van der Waals surface area contributed by atoms with Crippen LogP contribution in [0.15, 0.2) is 35.8 Å². The molecule has 0 spiro atoms. The van der Waals surface area contributed by atoms with Crippen molar-refractivity contribution in [1.82, 2.24) is 15.0 Å².